The first kappa shape index (κ1) is 22.7. The van der Waals surface area contributed by atoms with E-state index in [0.717, 1.165) is 36.7 Å². The number of piperazine rings is 1. The lowest BCUT2D eigenvalue weighted by Gasteiger charge is -2.35. The van der Waals surface area contributed by atoms with E-state index < -0.39 is 10.0 Å². The van der Waals surface area contributed by atoms with Gasteiger partial charge in [0.15, 0.2) is 11.5 Å². The Balaban J connectivity index is 1.18. The SMILES string of the molecule is CN(c1ccc(C(=O)N2CCN(Cc3ccc4c(c3)OCO4)CC2)cc1)S(=O)(=O)c1cccs1. The van der Waals surface area contributed by atoms with Crippen LogP contribution in [0.25, 0.3) is 0 Å². The Morgan fingerprint density at radius 1 is 1.00 bits per heavy atom. The number of sulfonamides is 1. The third kappa shape index (κ3) is 4.48. The predicted molar refractivity (Wildman–Crippen MR) is 130 cm³/mol. The van der Waals surface area contributed by atoms with Crippen LogP contribution in [0.5, 0.6) is 11.5 Å². The largest absolute Gasteiger partial charge is 0.454 e. The minimum absolute atomic E-state index is 0.0435. The molecule has 0 radical (unpaired) electrons. The Hall–Kier alpha value is -3.08. The van der Waals surface area contributed by atoms with Gasteiger partial charge in [-0.05, 0) is 53.4 Å². The van der Waals surface area contributed by atoms with Gasteiger partial charge in [-0.1, -0.05) is 12.1 Å². The van der Waals surface area contributed by atoms with Crippen molar-refractivity contribution in [2.45, 2.75) is 10.8 Å². The maximum Gasteiger partial charge on any atom is 0.273 e. The molecule has 2 aliphatic heterocycles. The number of thiophene rings is 1. The molecule has 0 unspecified atom stereocenters. The molecule has 0 N–H and O–H groups in total. The number of rotatable bonds is 6. The summed E-state index contributed by atoms with van der Waals surface area (Å²) in [5, 5.41) is 1.73. The number of hydrogen-bond acceptors (Lipinski definition) is 7. The van der Waals surface area contributed by atoms with Crippen molar-refractivity contribution in [2.24, 2.45) is 0 Å². The minimum atomic E-state index is -3.60. The smallest absolute Gasteiger partial charge is 0.273 e. The molecule has 178 valence electrons. The van der Waals surface area contributed by atoms with Crippen molar-refractivity contribution >= 4 is 33.0 Å². The van der Waals surface area contributed by atoms with Crippen LogP contribution in [0.4, 0.5) is 5.69 Å². The molecule has 1 fully saturated rings. The highest BCUT2D eigenvalue weighted by molar-refractivity contribution is 7.94. The molecule has 5 rings (SSSR count). The highest BCUT2D eigenvalue weighted by Gasteiger charge is 2.25. The molecule has 1 aromatic heterocycles. The Kier molecular flexibility index (Phi) is 6.20. The number of hydrogen-bond donors (Lipinski definition) is 0. The van der Waals surface area contributed by atoms with E-state index in [-0.39, 0.29) is 16.9 Å². The zero-order valence-electron chi connectivity index (χ0n) is 18.7. The van der Waals surface area contributed by atoms with Gasteiger partial charge in [0.25, 0.3) is 15.9 Å². The number of amides is 1. The number of ether oxygens (including phenoxy) is 2. The minimum Gasteiger partial charge on any atom is -0.454 e. The summed E-state index contributed by atoms with van der Waals surface area (Å²) in [7, 11) is -2.08. The van der Waals surface area contributed by atoms with Crippen molar-refractivity contribution in [1.82, 2.24) is 9.80 Å². The number of anilines is 1. The van der Waals surface area contributed by atoms with Crippen LogP contribution in [0.15, 0.2) is 64.2 Å². The van der Waals surface area contributed by atoms with Gasteiger partial charge in [0.05, 0.1) is 5.69 Å². The second-order valence-electron chi connectivity index (χ2n) is 8.21. The van der Waals surface area contributed by atoms with Gasteiger partial charge in [-0.2, -0.15) is 0 Å². The molecule has 10 heteroatoms. The van der Waals surface area contributed by atoms with Crippen molar-refractivity contribution in [3.05, 3.63) is 71.1 Å². The first-order valence-electron chi connectivity index (χ1n) is 10.9. The summed E-state index contributed by atoms with van der Waals surface area (Å²) < 4.78 is 37.8. The van der Waals surface area contributed by atoms with E-state index in [9.17, 15) is 13.2 Å². The van der Waals surface area contributed by atoms with E-state index in [4.69, 9.17) is 9.47 Å². The number of carbonyl (C=O) groups is 1. The molecule has 3 heterocycles. The van der Waals surface area contributed by atoms with E-state index in [1.54, 1.807) is 41.8 Å². The first-order valence-corrected chi connectivity index (χ1v) is 13.3. The number of fused-ring (bicyclic) bond motifs is 1. The second-order valence-corrected chi connectivity index (χ2v) is 11.4. The van der Waals surface area contributed by atoms with Crippen molar-refractivity contribution in [1.29, 1.82) is 0 Å². The van der Waals surface area contributed by atoms with Gasteiger partial charge in [0.2, 0.25) is 6.79 Å². The van der Waals surface area contributed by atoms with Crippen molar-refractivity contribution < 1.29 is 22.7 Å². The Bertz CT molecular complexity index is 1270. The van der Waals surface area contributed by atoms with Crippen LogP contribution in [0.1, 0.15) is 15.9 Å². The quantitative estimate of drug-likeness (QED) is 0.518. The predicted octanol–water partition coefficient (Wildman–Crippen LogP) is 3.26. The van der Waals surface area contributed by atoms with E-state index in [1.807, 2.05) is 23.1 Å². The lowest BCUT2D eigenvalue weighted by Crippen LogP contribution is -2.48. The molecular weight excluding hydrogens is 474 g/mol. The summed E-state index contributed by atoms with van der Waals surface area (Å²) in [6.45, 7) is 3.88. The molecule has 34 heavy (non-hydrogen) atoms. The van der Waals surface area contributed by atoms with Gasteiger partial charge in [-0.15, -0.1) is 11.3 Å². The zero-order valence-corrected chi connectivity index (χ0v) is 20.3. The van der Waals surface area contributed by atoms with Gasteiger partial charge in [-0.25, -0.2) is 8.42 Å². The van der Waals surface area contributed by atoms with Gasteiger partial charge in [-0.3, -0.25) is 14.0 Å². The molecule has 0 atom stereocenters. The molecule has 0 bridgehead atoms. The third-order valence-corrected chi connectivity index (χ3v) is 9.25. The van der Waals surface area contributed by atoms with Crippen LogP contribution < -0.4 is 13.8 Å². The summed E-state index contributed by atoms with van der Waals surface area (Å²) >= 11 is 1.18. The monoisotopic (exact) mass is 499 g/mol. The maximum absolute atomic E-state index is 13.0. The molecule has 8 nitrogen and oxygen atoms in total. The molecule has 1 saturated heterocycles. The van der Waals surface area contributed by atoms with Gasteiger partial charge < -0.3 is 14.4 Å². The first-order chi connectivity index (χ1) is 16.4. The molecule has 3 aromatic rings. The second kappa shape index (κ2) is 9.28. The van der Waals surface area contributed by atoms with Gasteiger partial charge >= 0.3 is 0 Å². The lowest BCUT2D eigenvalue weighted by molar-refractivity contribution is 0.0628. The van der Waals surface area contributed by atoms with Crippen molar-refractivity contribution in [2.75, 3.05) is 44.3 Å². The van der Waals surface area contributed by atoms with Crippen LogP contribution in [0.3, 0.4) is 0 Å². The average Bonchev–Trinajstić information content (AvgIpc) is 3.56. The summed E-state index contributed by atoms with van der Waals surface area (Å²) in [6.07, 6.45) is 0. The molecule has 1 amide bonds. The Morgan fingerprint density at radius 2 is 1.74 bits per heavy atom. The van der Waals surface area contributed by atoms with E-state index in [1.165, 1.54) is 22.7 Å². The standard InChI is InChI=1S/C24H25N3O5S2/c1-25(34(29,30)23-3-2-14-33-23)20-7-5-19(6-8-20)24(28)27-12-10-26(11-13-27)16-18-4-9-21-22(15-18)32-17-31-21/h2-9,14-15H,10-13,16-17H2,1H3. The van der Waals surface area contributed by atoms with E-state index in [2.05, 4.69) is 4.90 Å². The Labute approximate surface area is 203 Å². The van der Waals surface area contributed by atoms with Crippen molar-refractivity contribution in [3.8, 4) is 11.5 Å². The molecule has 2 aromatic carbocycles. The third-order valence-electron chi connectivity index (χ3n) is 6.09. The fourth-order valence-corrected chi connectivity index (χ4v) is 6.44. The average molecular weight is 500 g/mol. The highest BCUT2D eigenvalue weighted by Crippen LogP contribution is 2.33. The molecule has 0 aliphatic carbocycles. The van der Waals surface area contributed by atoms with Gasteiger partial charge in [0, 0.05) is 45.3 Å². The molecule has 0 spiro atoms. The lowest BCUT2D eigenvalue weighted by atomic mass is 10.1. The normalized spacial score (nSPS) is 16.0. The maximum atomic E-state index is 13.0. The van der Waals surface area contributed by atoms with Crippen LogP contribution in [0, 0.1) is 0 Å². The zero-order chi connectivity index (χ0) is 23.7. The summed E-state index contributed by atoms with van der Waals surface area (Å²) in [6, 6.07) is 16.0. The van der Waals surface area contributed by atoms with E-state index >= 15 is 0 Å². The highest BCUT2D eigenvalue weighted by atomic mass is 32.2. The van der Waals surface area contributed by atoms with Crippen LogP contribution >= 0.6 is 11.3 Å². The van der Waals surface area contributed by atoms with Crippen LogP contribution in [-0.2, 0) is 16.6 Å². The molecule has 2 aliphatic rings. The summed E-state index contributed by atoms with van der Waals surface area (Å²) in [4.78, 5) is 17.2. The van der Waals surface area contributed by atoms with E-state index in [0.29, 0.717) is 24.3 Å². The molecule has 0 saturated carbocycles. The van der Waals surface area contributed by atoms with Crippen molar-refractivity contribution in [3.63, 3.8) is 0 Å². The van der Waals surface area contributed by atoms with Crippen LogP contribution in [0.2, 0.25) is 0 Å². The summed E-state index contributed by atoms with van der Waals surface area (Å²) in [5.41, 5.74) is 2.22. The number of nitrogens with zero attached hydrogens (tertiary/aromatic N) is 3. The Morgan fingerprint density at radius 3 is 2.44 bits per heavy atom. The topological polar surface area (TPSA) is 79.4 Å². The fraction of sp³-hybridized carbons (Fsp3) is 0.292. The fourth-order valence-electron chi connectivity index (χ4n) is 4.09. The van der Waals surface area contributed by atoms with Crippen LogP contribution in [-0.4, -0.2) is 64.1 Å². The number of carbonyl (C=O) groups excluding carboxylic acids is 1. The van der Waals surface area contributed by atoms with Gasteiger partial charge in [0.1, 0.15) is 4.21 Å². The molecular formula is C24H25N3O5S2. The number of benzene rings is 2. The summed E-state index contributed by atoms with van der Waals surface area (Å²) in [5.74, 6) is 1.52.